The molecule has 0 atom stereocenters. The van der Waals surface area contributed by atoms with Crippen LogP contribution in [0.5, 0.6) is 0 Å². The lowest BCUT2D eigenvalue weighted by Gasteiger charge is -2.09. The highest BCUT2D eigenvalue weighted by molar-refractivity contribution is 9.10. The first-order valence-corrected chi connectivity index (χ1v) is 5.30. The molecule has 0 aliphatic rings. The lowest BCUT2D eigenvalue weighted by molar-refractivity contribution is 0.0827. The highest BCUT2D eigenvalue weighted by Crippen LogP contribution is 2.20. The molecule has 0 bridgehead atoms. The summed E-state index contributed by atoms with van der Waals surface area (Å²) in [5.74, 6) is -0.673. The Labute approximate surface area is 100 Å². The van der Waals surface area contributed by atoms with Gasteiger partial charge in [-0.3, -0.25) is 4.79 Å². The zero-order valence-corrected chi connectivity index (χ0v) is 10.6. The number of halogens is 4. The quantitative estimate of drug-likeness (QED) is 0.838. The molecule has 0 saturated carbocycles. The summed E-state index contributed by atoms with van der Waals surface area (Å²) < 4.78 is 26.2. The van der Waals surface area contributed by atoms with Gasteiger partial charge in [0.15, 0.2) is 10.3 Å². The minimum absolute atomic E-state index is 0.0896. The molecule has 1 aromatic rings. The third-order valence-corrected chi connectivity index (χ3v) is 2.26. The van der Waals surface area contributed by atoms with Gasteiger partial charge in [0, 0.05) is 7.05 Å². The van der Waals surface area contributed by atoms with E-state index in [0.717, 1.165) is 0 Å². The summed E-state index contributed by atoms with van der Waals surface area (Å²) in [5.41, 5.74) is 0.0896. The van der Waals surface area contributed by atoms with Crippen molar-refractivity contribution in [1.29, 1.82) is 0 Å². The third-order valence-electron chi connectivity index (χ3n) is 1.45. The molecule has 1 amide bonds. The van der Waals surface area contributed by atoms with Crippen molar-refractivity contribution in [3.05, 3.63) is 10.3 Å². The van der Waals surface area contributed by atoms with E-state index in [4.69, 9.17) is 0 Å². The van der Waals surface area contributed by atoms with Gasteiger partial charge in [0.05, 0.1) is 6.54 Å². The second-order valence-corrected chi connectivity index (χ2v) is 4.56. The number of amides is 1. The summed E-state index contributed by atoms with van der Waals surface area (Å²) in [6, 6.07) is 0. The van der Waals surface area contributed by atoms with Crippen molar-refractivity contribution in [2.45, 2.75) is 4.83 Å². The van der Waals surface area contributed by atoms with E-state index in [1.165, 1.54) is 11.7 Å². The van der Waals surface area contributed by atoms with Crippen LogP contribution in [0, 0.1) is 0 Å². The second-order valence-electron chi connectivity index (χ2n) is 2.65. The largest absolute Gasteiger partial charge is 0.344 e. The first kappa shape index (κ1) is 12.5. The van der Waals surface area contributed by atoms with Crippen LogP contribution in [0.1, 0.15) is 10.5 Å². The van der Waals surface area contributed by atoms with Crippen LogP contribution in [0.15, 0.2) is 4.60 Å². The molecule has 84 valence electrons. The summed E-state index contributed by atoms with van der Waals surface area (Å²) in [7, 11) is 1.49. The Balaban J connectivity index is 2.70. The standard InChI is InChI=1S/C6H6Br2F2N4O/c1-14-3(4(7)12-13-14)5(15)11-2-6(8,9)10/h2H2,1H3,(H,11,15). The summed E-state index contributed by atoms with van der Waals surface area (Å²) in [4.78, 5) is 8.27. The second kappa shape index (κ2) is 4.52. The zero-order chi connectivity index (χ0) is 11.6. The van der Waals surface area contributed by atoms with Gasteiger partial charge in [0.25, 0.3) is 5.91 Å². The fourth-order valence-electron chi connectivity index (χ4n) is 0.837. The topological polar surface area (TPSA) is 59.8 Å². The van der Waals surface area contributed by atoms with Crippen LogP contribution in [-0.2, 0) is 7.05 Å². The van der Waals surface area contributed by atoms with Gasteiger partial charge >= 0.3 is 4.83 Å². The van der Waals surface area contributed by atoms with Gasteiger partial charge in [-0.05, 0) is 31.9 Å². The fraction of sp³-hybridized carbons (Fsp3) is 0.500. The summed E-state index contributed by atoms with van der Waals surface area (Å²) in [5, 5.41) is 9.13. The average Bonchev–Trinajstić information content (AvgIpc) is 2.41. The summed E-state index contributed by atoms with van der Waals surface area (Å²) in [6.45, 7) is -0.802. The summed E-state index contributed by atoms with van der Waals surface area (Å²) >= 11 is 5.09. The van der Waals surface area contributed by atoms with E-state index in [2.05, 4.69) is 42.2 Å². The van der Waals surface area contributed by atoms with Crippen LogP contribution in [0.25, 0.3) is 0 Å². The van der Waals surface area contributed by atoms with Gasteiger partial charge in [-0.1, -0.05) is 5.21 Å². The maximum absolute atomic E-state index is 12.4. The van der Waals surface area contributed by atoms with E-state index in [1.807, 2.05) is 5.32 Å². The SMILES string of the molecule is Cn1nnc(Br)c1C(=O)NCC(F)(F)Br. The van der Waals surface area contributed by atoms with Gasteiger partial charge in [0.2, 0.25) is 0 Å². The Morgan fingerprint density at radius 2 is 2.27 bits per heavy atom. The van der Waals surface area contributed by atoms with Gasteiger partial charge in [-0.2, -0.15) is 8.78 Å². The first-order chi connectivity index (χ1) is 6.81. The van der Waals surface area contributed by atoms with E-state index < -0.39 is 17.3 Å². The maximum atomic E-state index is 12.4. The van der Waals surface area contributed by atoms with Crippen LogP contribution < -0.4 is 5.32 Å². The minimum Gasteiger partial charge on any atom is -0.344 e. The van der Waals surface area contributed by atoms with E-state index in [1.54, 1.807) is 0 Å². The molecule has 0 spiro atoms. The molecule has 0 saturated heterocycles. The molecule has 0 fully saturated rings. The number of nitrogens with zero attached hydrogens (tertiary/aromatic N) is 3. The molecule has 15 heavy (non-hydrogen) atoms. The molecule has 1 heterocycles. The van der Waals surface area contributed by atoms with Gasteiger partial charge in [0.1, 0.15) is 0 Å². The van der Waals surface area contributed by atoms with Crippen molar-refractivity contribution in [3.63, 3.8) is 0 Å². The molecular weight excluding hydrogens is 342 g/mol. The molecule has 1 N–H and O–H groups in total. The number of rotatable bonds is 3. The van der Waals surface area contributed by atoms with Crippen molar-refractivity contribution < 1.29 is 13.6 Å². The molecule has 0 aliphatic heterocycles. The Bertz CT molecular complexity index is 356. The Hall–Kier alpha value is -0.570. The predicted molar refractivity (Wildman–Crippen MR) is 54.9 cm³/mol. The molecule has 0 aromatic carbocycles. The molecule has 0 unspecified atom stereocenters. The number of nitrogens with one attached hydrogen (secondary N) is 1. The predicted octanol–water partition coefficient (Wildman–Crippen LogP) is 1.30. The fourth-order valence-corrected chi connectivity index (χ4v) is 1.48. The highest BCUT2D eigenvalue weighted by atomic mass is 79.9. The van der Waals surface area contributed by atoms with Gasteiger partial charge in [-0.15, -0.1) is 5.10 Å². The number of aryl methyl sites for hydroxylation is 1. The molecule has 1 rings (SSSR count). The van der Waals surface area contributed by atoms with Crippen molar-refractivity contribution in [2.24, 2.45) is 7.05 Å². The number of carbonyl (C=O) groups excluding carboxylic acids is 1. The average molecular weight is 348 g/mol. The third kappa shape index (κ3) is 3.49. The highest BCUT2D eigenvalue weighted by Gasteiger charge is 2.26. The Kier molecular flexibility index (Phi) is 3.77. The number of carbonyl (C=O) groups is 1. The van der Waals surface area contributed by atoms with Crippen LogP contribution in [-0.4, -0.2) is 32.3 Å². The lowest BCUT2D eigenvalue weighted by Crippen LogP contribution is -2.34. The minimum atomic E-state index is -3.12. The van der Waals surface area contributed by atoms with Crippen LogP contribution in [0.3, 0.4) is 0 Å². The molecule has 0 aliphatic carbocycles. The van der Waals surface area contributed by atoms with Gasteiger partial charge < -0.3 is 5.32 Å². The van der Waals surface area contributed by atoms with E-state index in [9.17, 15) is 13.6 Å². The lowest BCUT2D eigenvalue weighted by atomic mass is 10.4. The number of aromatic nitrogens is 3. The van der Waals surface area contributed by atoms with Gasteiger partial charge in [-0.25, -0.2) is 4.68 Å². The van der Waals surface area contributed by atoms with E-state index in [-0.39, 0.29) is 10.3 Å². The Morgan fingerprint density at radius 3 is 2.67 bits per heavy atom. The van der Waals surface area contributed by atoms with E-state index in [0.29, 0.717) is 0 Å². The Morgan fingerprint density at radius 1 is 1.67 bits per heavy atom. The number of hydrogen-bond donors (Lipinski definition) is 1. The molecular formula is C6H6Br2F2N4O. The van der Waals surface area contributed by atoms with Crippen LogP contribution >= 0.6 is 31.9 Å². The first-order valence-electron chi connectivity index (χ1n) is 3.71. The number of alkyl halides is 3. The maximum Gasteiger partial charge on any atom is 0.318 e. The molecule has 9 heteroatoms. The molecule has 0 radical (unpaired) electrons. The monoisotopic (exact) mass is 346 g/mol. The van der Waals surface area contributed by atoms with Crippen molar-refractivity contribution in [1.82, 2.24) is 20.3 Å². The zero-order valence-electron chi connectivity index (χ0n) is 7.47. The van der Waals surface area contributed by atoms with Crippen molar-refractivity contribution in [2.75, 3.05) is 6.54 Å². The van der Waals surface area contributed by atoms with Crippen LogP contribution in [0.4, 0.5) is 8.78 Å². The molecule has 5 nitrogen and oxygen atoms in total. The number of hydrogen-bond acceptors (Lipinski definition) is 3. The van der Waals surface area contributed by atoms with Crippen molar-refractivity contribution in [3.8, 4) is 0 Å². The smallest absolute Gasteiger partial charge is 0.318 e. The van der Waals surface area contributed by atoms with Crippen LogP contribution in [0.2, 0.25) is 0 Å². The van der Waals surface area contributed by atoms with Crippen molar-refractivity contribution >= 4 is 37.8 Å². The van der Waals surface area contributed by atoms with E-state index >= 15 is 0 Å². The normalized spacial score (nSPS) is 11.5. The molecule has 1 aromatic heterocycles. The summed E-state index contributed by atoms with van der Waals surface area (Å²) in [6.07, 6.45) is 0.